The number of nitrogens with zero attached hydrogens (tertiary/aromatic N) is 3. The van der Waals surface area contributed by atoms with E-state index in [0.29, 0.717) is 13.0 Å². The number of benzene rings is 1. The summed E-state index contributed by atoms with van der Waals surface area (Å²) >= 11 is 0. The summed E-state index contributed by atoms with van der Waals surface area (Å²) < 4.78 is 1.27. The molecule has 0 saturated carbocycles. The van der Waals surface area contributed by atoms with Gasteiger partial charge in [0.05, 0.1) is 5.92 Å². The summed E-state index contributed by atoms with van der Waals surface area (Å²) in [7, 11) is 1.44. The van der Waals surface area contributed by atoms with Crippen LogP contribution in [-0.2, 0) is 16.1 Å². The molecule has 1 aromatic carbocycles. The average molecular weight is 413 g/mol. The standard InChI is InChI=1S/C21H27N5O4/c1-4-5-10-25-18(22)17(19(28)23-21(25)30)24(3)20(29)14-11-16(27)26(12-14)15-8-6-13(2)7-9-15/h6-9,14H,4-5,10-12,22H2,1-3H3,(H,23,28,30). The first-order valence-corrected chi connectivity index (χ1v) is 10.0. The smallest absolute Gasteiger partial charge is 0.330 e. The lowest BCUT2D eigenvalue weighted by Crippen LogP contribution is -2.42. The molecular formula is C21H27N5O4. The van der Waals surface area contributed by atoms with Crippen molar-refractivity contribution in [3.8, 4) is 0 Å². The highest BCUT2D eigenvalue weighted by Gasteiger charge is 2.37. The van der Waals surface area contributed by atoms with Crippen LogP contribution in [0.4, 0.5) is 17.2 Å². The lowest BCUT2D eigenvalue weighted by molar-refractivity contribution is -0.124. The number of H-pyrrole nitrogens is 1. The Kier molecular flexibility index (Phi) is 6.09. The third kappa shape index (κ3) is 4.00. The van der Waals surface area contributed by atoms with Crippen molar-refractivity contribution in [2.45, 2.75) is 39.7 Å². The Morgan fingerprint density at radius 1 is 1.23 bits per heavy atom. The van der Waals surface area contributed by atoms with Gasteiger partial charge in [0.1, 0.15) is 5.82 Å². The predicted octanol–water partition coefficient (Wildman–Crippen LogP) is 1.24. The summed E-state index contributed by atoms with van der Waals surface area (Å²) in [4.78, 5) is 55.1. The van der Waals surface area contributed by atoms with Crippen LogP contribution in [0.2, 0.25) is 0 Å². The first-order valence-electron chi connectivity index (χ1n) is 10.0. The normalized spacial score (nSPS) is 16.2. The zero-order chi connectivity index (χ0) is 22.0. The number of hydrogen-bond donors (Lipinski definition) is 2. The van der Waals surface area contributed by atoms with E-state index in [4.69, 9.17) is 5.73 Å². The summed E-state index contributed by atoms with van der Waals surface area (Å²) in [5, 5.41) is 0. The van der Waals surface area contributed by atoms with Crippen LogP contribution < -0.4 is 26.8 Å². The summed E-state index contributed by atoms with van der Waals surface area (Å²) in [5.41, 5.74) is 6.51. The van der Waals surface area contributed by atoms with Gasteiger partial charge in [-0.3, -0.25) is 23.9 Å². The van der Waals surface area contributed by atoms with Gasteiger partial charge < -0.3 is 15.5 Å². The lowest BCUT2D eigenvalue weighted by Gasteiger charge is -2.23. The maximum absolute atomic E-state index is 13.1. The van der Waals surface area contributed by atoms with Crippen molar-refractivity contribution in [3.63, 3.8) is 0 Å². The minimum atomic E-state index is -0.721. The number of nitrogens with two attached hydrogens (primary N) is 1. The number of carbonyl (C=O) groups excluding carboxylic acids is 2. The van der Waals surface area contributed by atoms with Crippen LogP contribution in [0.25, 0.3) is 0 Å². The highest BCUT2D eigenvalue weighted by atomic mass is 16.2. The summed E-state index contributed by atoms with van der Waals surface area (Å²) in [6, 6.07) is 7.50. The molecule has 30 heavy (non-hydrogen) atoms. The van der Waals surface area contributed by atoms with Crippen LogP contribution in [0.1, 0.15) is 31.7 Å². The number of amides is 2. The number of anilines is 3. The fourth-order valence-corrected chi connectivity index (χ4v) is 3.67. The number of aromatic amines is 1. The predicted molar refractivity (Wildman–Crippen MR) is 116 cm³/mol. The van der Waals surface area contributed by atoms with Crippen LogP contribution in [-0.4, -0.2) is 35.0 Å². The largest absolute Gasteiger partial charge is 0.383 e. The van der Waals surface area contributed by atoms with Crippen molar-refractivity contribution in [2.75, 3.05) is 29.1 Å². The van der Waals surface area contributed by atoms with Crippen LogP contribution in [0.5, 0.6) is 0 Å². The molecular weight excluding hydrogens is 386 g/mol. The maximum Gasteiger partial charge on any atom is 0.330 e. The summed E-state index contributed by atoms with van der Waals surface area (Å²) in [6.45, 7) is 4.49. The molecule has 1 saturated heterocycles. The van der Waals surface area contributed by atoms with Gasteiger partial charge in [0.25, 0.3) is 5.56 Å². The molecule has 9 nitrogen and oxygen atoms in total. The van der Waals surface area contributed by atoms with E-state index in [9.17, 15) is 19.2 Å². The van der Waals surface area contributed by atoms with Crippen molar-refractivity contribution >= 4 is 29.0 Å². The second kappa shape index (κ2) is 8.56. The van der Waals surface area contributed by atoms with Crippen molar-refractivity contribution in [2.24, 2.45) is 5.92 Å². The molecule has 0 radical (unpaired) electrons. The van der Waals surface area contributed by atoms with E-state index in [1.165, 1.54) is 11.6 Å². The highest BCUT2D eigenvalue weighted by Crippen LogP contribution is 2.28. The second-order valence-corrected chi connectivity index (χ2v) is 7.64. The number of nitrogens with one attached hydrogen (secondary N) is 1. The Labute approximate surface area is 174 Å². The van der Waals surface area contributed by atoms with Gasteiger partial charge in [-0.15, -0.1) is 0 Å². The topological polar surface area (TPSA) is 121 Å². The first kappa shape index (κ1) is 21.4. The number of nitrogen functional groups attached to an aromatic ring is 1. The molecule has 3 N–H and O–H groups in total. The number of unbranched alkanes of at least 4 members (excludes halogenated alkanes) is 1. The van der Waals surface area contributed by atoms with Crippen LogP contribution in [0, 0.1) is 12.8 Å². The Morgan fingerprint density at radius 3 is 2.53 bits per heavy atom. The molecule has 2 amide bonds. The monoisotopic (exact) mass is 413 g/mol. The van der Waals surface area contributed by atoms with Crippen molar-refractivity contribution in [3.05, 3.63) is 50.7 Å². The number of carbonyl (C=O) groups is 2. The van der Waals surface area contributed by atoms with E-state index in [-0.39, 0.29) is 30.4 Å². The van der Waals surface area contributed by atoms with E-state index in [1.807, 2.05) is 38.1 Å². The number of aryl methyl sites for hydroxylation is 1. The third-order valence-electron chi connectivity index (χ3n) is 5.44. The summed E-state index contributed by atoms with van der Waals surface area (Å²) in [5.74, 6) is -1.21. The molecule has 2 aromatic rings. The Hall–Kier alpha value is -3.36. The highest BCUT2D eigenvalue weighted by molar-refractivity contribution is 6.04. The van der Waals surface area contributed by atoms with Gasteiger partial charge >= 0.3 is 5.69 Å². The molecule has 0 bridgehead atoms. The number of rotatable bonds is 6. The Balaban J connectivity index is 1.86. The molecule has 1 unspecified atom stereocenters. The SMILES string of the molecule is CCCCn1c(N)c(N(C)C(=O)C2CC(=O)N(c3ccc(C)cc3)C2)c(=O)[nH]c1=O. The fourth-order valence-electron chi connectivity index (χ4n) is 3.67. The lowest BCUT2D eigenvalue weighted by atomic mass is 10.1. The molecule has 1 aliphatic heterocycles. The molecule has 160 valence electrons. The minimum Gasteiger partial charge on any atom is -0.383 e. The molecule has 1 aliphatic rings. The van der Waals surface area contributed by atoms with Gasteiger partial charge in [-0.25, -0.2) is 4.79 Å². The van der Waals surface area contributed by atoms with Gasteiger partial charge in [0.2, 0.25) is 11.8 Å². The van der Waals surface area contributed by atoms with Crippen LogP contribution in [0.3, 0.4) is 0 Å². The van der Waals surface area contributed by atoms with E-state index in [1.54, 1.807) is 4.90 Å². The third-order valence-corrected chi connectivity index (χ3v) is 5.44. The van der Waals surface area contributed by atoms with Gasteiger partial charge in [-0.2, -0.15) is 0 Å². The van der Waals surface area contributed by atoms with Crippen molar-refractivity contribution < 1.29 is 9.59 Å². The van der Waals surface area contributed by atoms with E-state index >= 15 is 0 Å². The zero-order valence-corrected chi connectivity index (χ0v) is 17.5. The quantitative estimate of drug-likeness (QED) is 0.738. The first-order chi connectivity index (χ1) is 14.2. The van der Waals surface area contributed by atoms with Gasteiger partial charge in [0, 0.05) is 32.2 Å². The molecule has 0 spiro atoms. The fraction of sp³-hybridized carbons (Fsp3) is 0.429. The Bertz CT molecular complexity index is 1070. The second-order valence-electron chi connectivity index (χ2n) is 7.64. The molecule has 1 aromatic heterocycles. The van der Waals surface area contributed by atoms with Crippen molar-refractivity contribution in [1.29, 1.82) is 0 Å². The van der Waals surface area contributed by atoms with Gasteiger partial charge in [0.15, 0.2) is 5.69 Å². The van der Waals surface area contributed by atoms with Crippen LogP contribution in [0.15, 0.2) is 33.9 Å². The molecule has 2 heterocycles. The molecule has 1 atom stereocenters. The van der Waals surface area contributed by atoms with Gasteiger partial charge in [-0.05, 0) is 25.5 Å². The minimum absolute atomic E-state index is 0.0460. The van der Waals surface area contributed by atoms with E-state index in [2.05, 4.69) is 4.98 Å². The molecule has 1 fully saturated rings. The van der Waals surface area contributed by atoms with Crippen molar-refractivity contribution in [1.82, 2.24) is 9.55 Å². The summed E-state index contributed by atoms with van der Waals surface area (Å²) in [6.07, 6.45) is 1.59. The maximum atomic E-state index is 13.1. The van der Waals surface area contributed by atoms with E-state index in [0.717, 1.165) is 22.6 Å². The number of aromatic nitrogens is 2. The average Bonchev–Trinajstić information content (AvgIpc) is 3.09. The molecule has 0 aliphatic carbocycles. The molecule has 3 rings (SSSR count). The molecule has 9 heteroatoms. The zero-order valence-electron chi connectivity index (χ0n) is 17.5. The van der Waals surface area contributed by atoms with Gasteiger partial charge in [-0.1, -0.05) is 31.0 Å². The van der Waals surface area contributed by atoms with E-state index < -0.39 is 23.1 Å². The Morgan fingerprint density at radius 2 is 1.90 bits per heavy atom. The van der Waals surface area contributed by atoms with Crippen LogP contribution >= 0.6 is 0 Å². The number of hydrogen-bond acceptors (Lipinski definition) is 5.